The molecular weight excluding hydrogens is 406 g/mol. The Morgan fingerprint density at radius 2 is 1.16 bits per heavy atom. The average Bonchev–Trinajstić information content (AvgIpc) is 3.16. The number of hydrogen-bond acceptors (Lipinski definition) is 0. The zero-order valence-corrected chi connectivity index (χ0v) is 19.5. The van der Waals surface area contributed by atoms with Crippen molar-refractivity contribution < 1.29 is 0 Å². The second-order valence-electron chi connectivity index (χ2n) is 7.90. The molecule has 0 saturated carbocycles. The summed E-state index contributed by atoms with van der Waals surface area (Å²) in [5.74, 6) is 0. The van der Waals surface area contributed by atoms with Crippen LogP contribution >= 0.6 is 0 Å². The van der Waals surface area contributed by atoms with Crippen molar-refractivity contribution in [1.82, 2.24) is 4.57 Å². The highest BCUT2D eigenvalue weighted by atomic mass is 28.3. The lowest BCUT2D eigenvalue weighted by molar-refractivity contribution is 0.702. The largest absolute Gasteiger partial charge is 0.340 e. The van der Waals surface area contributed by atoms with Gasteiger partial charge in [-0.3, -0.25) is 0 Å². The molecule has 4 aromatic carbocycles. The van der Waals surface area contributed by atoms with Gasteiger partial charge < -0.3 is 4.57 Å². The summed E-state index contributed by atoms with van der Waals surface area (Å²) in [5, 5.41) is 4.93. The molecule has 0 amide bonds. The lowest BCUT2D eigenvalue weighted by atomic mass is 10.2. The monoisotopic (exact) mass is 431 g/mol. The highest BCUT2D eigenvalue weighted by molar-refractivity contribution is 6.67. The van der Waals surface area contributed by atoms with E-state index in [1.165, 1.54) is 45.0 Å². The van der Waals surface area contributed by atoms with Crippen LogP contribution < -0.4 is 5.19 Å². The van der Waals surface area contributed by atoms with Crippen LogP contribution in [0.1, 0.15) is 12.0 Å². The Balaban J connectivity index is 1.39. The Kier molecular flexibility index (Phi) is 6.14. The molecule has 5 aromatic rings. The van der Waals surface area contributed by atoms with Gasteiger partial charge in [-0.25, -0.2) is 0 Å². The van der Waals surface area contributed by atoms with Gasteiger partial charge in [-0.15, -0.1) is 0 Å². The fourth-order valence-electron chi connectivity index (χ4n) is 4.30. The topological polar surface area (TPSA) is 4.93 Å². The van der Waals surface area contributed by atoms with Crippen LogP contribution in [0.3, 0.4) is 0 Å². The fourth-order valence-corrected chi connectivity index (χ4v) is 7.63. The Hall–Kier alpha value is -2.89. The molecule has 0 fully saturated rings. The van der Waals surface area contributed by atoms with Crippen molar-refractivity contribution in [2.24, 2.45) is 0 Å². The summed E-state index contributed by atoms with van der Waals surface area (Å²) in [4.78, 5) is 0. The van der Waals surface area contributed by atoms with E-state index < -0.39 is 0 Å². The van der Waals surface area contributed by atoms with Crippen molar-refractivity contribution in [2.75, 3.05) is 0 Å². The molecule has 0 aliphatic carbocycles. The van der Waals surface area contributed by atoms with Gasteiger partial charge in [0.1, 0.15) is 0 Å². The van der Waals surface area contributed by atoms with E-state index >= 15 is 0 Å². The highest BCUT2D eigenvalue weighted by Crippen LogP contribution is 2.29. The van der Waals surface area contributed by atoms with E-state index in [4.69, 9.17) is 0 Å². The summed E-state index contributed by atoms with van der Waals surface area (Å²) in [6.45, 7) is 1.07. The first-order chi connectivity index (χ1) is 15.4. The number of benzene rings is 4. The molecule has 1 aromatic heterocycles. The number of nitrogens with zero attached hydrogens (tertiary/aromatic N) is 1. The van der Waals surface area contributed by atoms with Crippen molar-refractivity contribution in [2.45, 2.75) is 24.2 Å². The van der Waals surface area contributed by atoms with Gasteiger partial charge in [-0.05, 0) is 24.6 Å². The third kappa shape index (κ3) is 4.58. The highest BCUT2D eigenvalue weighted by Gasteiger charge is 2.15. The fraction of sp³-hybridized carbons (Fsp3) is 0.143. The molecule has 1 nitrogen and oxygen atoms in total. The molecule has 0 N–H and O–H groups in total. The van der Waals surface area contributed by atoms with Gasteiger partial charge in [0.25, 0.3) is 0 Å². The summed E-state index contributed by atoms with van der Waals surface area (Å²) in [7, 11) is 1.80. The standard InChI is InChI=1S/C28H25NSi2/c1-3-11-22(12-4-1)21-30-28(31-23-13-5-2-6-14-23)19-20-29-26-17-9-7-15-24(26)25-16-8-10-18-27(25)29/h1-18,28H,19-21H2/t28-/m1/s1. The smallest absolute Gasteiger partial charge is 0.0808 e. The summed E-state index contributed by atoms with van der Waals surface area (Å²) >= 11 is 0. The quantitative estimate of drug-likeness (QED) is 0.271. The third-order valence-electron chi connectivity index (χ3n) is 5.83. The van der Waals surface area contributed by atoms with Crippen LogP contribution in [0, 0.1) is 0 Å². The van der Waals surface area contributed by atoms with Crippen molar-refractivity contribution in [1.29, 1.82) is 0 Å². The SMILES string of the molecule is c1ccc(C[Si][C@@H](CCn2c3ccccc3c3ccccc32)[Si]c2ccccc2)cc1. The number of aromatic nitrogens is 1. The molecule has 0 aliphatic heterocycles. The zero-order valence-electron chi connectivity index (χ0n) is 17.5. The summed E-state index contributed by atoms with van der Waals surface area (Å²) in [6, 6.07) is 40.9. The Labute approximate surface area is 189 Å². The van der Waals surface area contributed by atoms with Crippen molar-refractivity contribution in [3.8, 4) is 0 Å². The molecular formula is C28H25NSi2. The zero-order chi connectivity index (χ0) is 20.9. The first-order valence-corrected chi connectivity index (χ1v) is 13.3. The predicted octanol–water partition coefficient (Wildman–Crippen LogP) is 5.86. The van der Waals surface area contributed by atoms with E-state index in [0.29, 0.717) is 5.16 Å². The molecule has 5 rings (SSSR count). The van der Waals surface area contributed by atoms with Gasteiger partial charge in [-0.1, -0.05) is 113 Å². The first-order valence-electron chi connectivity index (χ1n) is 10.9. The molecule has 1 atom stereocenters. The van der Waals surface area contributed by atoms with E-state index in [1.54, 1.807) is 0 Å². The van der Waals surface area contributed by atoms with Crippen LogP contribution in [-0.2, 0) is 12.6 Å². The van der Waals surface area contributed by atoms with Crippen LogP contribution in [0.25, 0.3) is 21.8 Å². The molecule has 0 saturated heterocycles. The van der Waals surface area contributed by atoms with Crippen molar-refractivity contribution in [3.05, 3.63) is 115 Å². The van der Waals surface area contributed by atoms with E-state index in [9.17, 15) is 0 Å². The maximum absolute atomic E-state index is 2.54. The van der Waals surface area contributed by atoms with E-state index in [2.05, 4.69) is 114 Å². The second-order valence-corrected chi connectivity index (χ2v) is 11.5. The Morgan fingerprint density at radius 3 is 1.81 bits per heavy atom. The molecule has 4 radical (unpaired) electrons. The van der Waals surface area contributed by atoms with Crippen LogP contribution in [0.2, 0.25) is 5.16 Å². The van der Waals surface area contributed by atoms with Crippen LogP contribution in [0.5, 0.6) is 0 Å². The van der Waals surface area contributed by atoms with E-state index in [-0.39, 0.29) is 0 Å². The maximum atomic E-state index is 2.54. The van der Waals surface area contributed by atoms with Crippen LogP contribution in [0.15, 0.2) is 109 Å². The minimum atomic E-state index is 0.711. The number of rotatable bonds is 8. The molecule has 0 spiro atoms. The summed E-state index contributed by atoms with van der Waals surface area (Å²) < 4.78 is 2.54. The average molecular weight is 432 g/mol. The second kappa shape index (κ2) is 9.50. The molecule has 150 valence electrons. The number of fused-ring (bicyclic) bond motifs is 3. The van der Waals surface area contributed by atoms with Crippen molar-refractivity contribution >= 4 is 46.0 Å². The number of hydrogen-bond donors (Lipinski definition) is 0. The molecule has 0 bridgehead atoms. The number of para-hydroxylation sites is 2. The number of aryl methyl sites for hydroxylation is 1. The van der Waals surface area contributed by atoms with Gasteiger partial charge in [0, 0.05) is 37.9 Å². The van der Waals surface area contributed by atoms with Crippen LogP contribution in [-0.4, -0.2) is 23.6 Å². The van der Waals surface area contributed by atoms with Crippen molar-refractivity contribution in [3.63, 3.8) is 0 Å². The third-order valence-corrected chi connectivity index (χ3v) is 9.57. The molecule has 31 heavy (non-hydrogen) atoms. The van der Waals surface area contributed by atoms with Gasteiger partial charge >= 0.3 is 0 Å². The Bertz CT molecular complexity index is 1210. The normalized spacial score (nSPS) is 12.4. The predicted molar refractivity (Wildman–Crippen MR) is 136 cm³/mol. The van der Waals surface area contributed by atoms with Crippen LogP contribution in [0.4, 0.5) is 0 Å². The summed E-state index contributed by atoms with van der Waals surface area (Å²) in [6.07, 6.45) is 1.21. The van der Waals surface area contributed by atoms with Gasteiger partial charge in [0.15, 0.2) is 0 Å². The van der Waals surface area contributed by atoms with Gasteiger partial charge in [-0.2, -0.15) is 0 Å². The molecule has 0 aliphatic rings. The minimum absolute atomic E-state index is 0.711. The van der Waals surface area contributed by atoms with Gasteiger partial charge in [0.05, 0.1) is 9.52 Å². The molecule has 0 unspecified atom stereocenters. The minimum Gasteiger partial charge on any atom is -0.340 e. The summed E-state index contributed by atoms with van der Waals surface area (Å²) in [5.41, 5.74) is 4.18. The molecule has 3 heteroatoms. The lowest BCUT2D eigenvalue weighted by Crippen LogP contribution is -2.25. The molecule has 1 heterocycles. The maximum Gasteiger partial charge on any atom is 0.0808 e. The lowest BCUT2D eigenvalue weighted by Gasteiger charge is -2.17. The van der Waals surface area contributed by atoms with E-state index in [0.717, 1.165) is 25.6 Å². The Morgan fingerprint density at radius 1 is 0.613 bits per heavy atom. The first kappa shape index (κ1) is 20.0. The van der Waals surface area contributed by atoms with E-state index in [1.807, 2.05) is 0 Å². The van der Waals surface area contributed by atoms with Gasteiger partial charge in [0.2, 0.25) is 0 Å².